The van der Waals surface area contributed by atoms with Gasteiger partial charge in [0.25, 0.3) is 5.56 Å². The zero-order chi connectivity index (χ0) is 19.1. The summed E-state index contributed by atoms with van der Waals surface area (Å²) < 4.78 is 1.39. The molecule has 144 valence electrons. The van der Waals surface area contributed by atoms with Gasteiger partial charge >= 0.3 is 0 Å². The van der Waals surface area contributed by atoms with Gasteiger partial charge in [-0.3, -0.25) is 14.4 Å². The standard InChI is InChI=1S/C21H27N3O3/c25-19(23-17-8-3-1-2-4-9-17)11-13-22-20(26)15-24-14-12-16-7-5-6-10-18(16)21(24)27/h5-7,10,12,14,17H,1-4,8-9,11,13,15H2,(H,22,26)(H,23,25). The van der Waals surface area contributed by atoms with Crippen molar-refractivity contribution in [1.82, 2.24) is 15.2 Å². The third-order valence-electron chi connectivity index (χ3n) is 5.09. The lowest BCUT2D eigenvalue weighted by Crippen LogP contribution is -2.38. The highest BCUT2D eigenvalue weighted by Crippen LogP contribution is 2.17. The molecule has 1 saturated carbocycles. The smallest absolute Gasteiger partial charge is 0.258 e. The summed E-state index contributed by atoms with van der Waals surface area (Å²) in [5.41, 5.74) is -0.186. The van der Waals surface area contributed by atoms with Gasteiger partial charge in [-0.15, -0.1) is 0 Å². The summed E-state index contributed by atoms with van der Waals surface area (Å²) in [6.45, 7) is 0.230. The van der Waals surface area contributed by atoms with Crippen LogP contribution in [0.4, 0.5) is 0 Å². The highest BCUT2D eigenvalue weighted by Gasteiger charge is 2.14. The number of carbonyl (C=O) groups excluding carboxylic acids is 2. The van der Waals surface area contributed by atoms with E-state index in [-0.39, 0.29) is 42.9 Å². The van der Waals surface area contributed by atoms with E-state index in [0.29, 0.717) is 5.39 Å². The van der Waals surface area contributed by atoms with Gasteiger partial charge in [0.1, 0.15) is 6.54 Å². The van der Waals surface area contributed by atoms with Gasteiger partial charge in [0, 0.05) is 30.6 Å². The van der Waals surface area contributed by atoms with Gasteiger partial charge in [-0.1, -0.05) is 43.9 Å². The number of pyridine rings is 1. The maximum atomic E-state index is 12.4. The van der Waals surface area contributed by atoms with E-state index < -0.39 is 0 Å². The molecule has 6 nitrogen and oxygen atoms in total. The maximum Gasteiger partial charge on any atom is 0.258 e. The topological polar surface area (TPSA) is 80.2 Å². The predicted octanol–water partition coefficient (Wildman–Crippen LogP) is 2.35. The van der Waals surface area contributed by atoms with Gasteiger partial charge in [-0.2, -0.15) is 0 Å². The molecule has 1 aliphatic rings. The Hall–Kier alpha value is -2.63. The first-order valence-corrected chi connectivity index (χ1v) is 9.78. The highest BCUT2D eigenvalue weighted by molar-refractivity contribution is 5.82. The second-order valence-electron chi connectivity index (χ2n) is 7.19. The molecule has 1 fully saturated rings. The number of carbonyl (C=O) groups is 2. The van der Waals surface area contributed by atoms with Crippen LogP contribution in [-0.2, 0) is 16.1 Å². The summed E-state index contributed by atoms with van der Waals surface area (Å²) in [6, 6.07) is 9.40. The molecule has 2 amide bonds. The largest absolute Gasteiger partial charge is 0.354 e. The Morgan fingerprint density at radius 1 is 1.00 bits per heavy atom. The molecule has 1 aliphatic carbocycles. The number of aromatic nitrogens is 1. The Morgan fingerprint density at radius 2 is 1.74 bits per heavy atom. The highest BCUT2D eigenvalue weighted by atomic mass is 16.2. The first-order chi connectivity index (χ1) is 13.1. The molecule has 0 radical (unpaired) electrons. The molecule has 3 rings (SSSR count). The van der Waals surface area contributed by atoms with Crippen LogP contribution in [0.1, 0.15) is 44.9 Å². The number of benzene rings is 1. The lowest BCUT2D eigenvalue weighted by molar-refractivity contribution is -0.123. The molecule has 0 spiro atoms. The van der Waals surface area contributed by atoms with Gasteiger partial charge in [0.05, 0.1) is 0 Å². The fourth-order valence-electron chi connectivity index (χ4n) is 3.60. The lowest BCUT2D eigenvalue weighted by Gasteiger charge is -2.16. The zero-order valence-electron chi connectivity index (χ0n) is 15.6. The van der Waals surface area contributed by atoms with Gasteiger partial charge in [0.15, 0.2) is 0 Å². The van der Waals surface area contributed by atoms with Crippen LogP contribution in [0.25, 0.3) is 10.8 Å². The first kappa shape index (κ1) is 19.1. The van der Waals surface area contributed by atoms with E-state index in [9.17, 15) is 14.4 Å². The van der Waals surface area contributed by atoms with Gasteiger partial charge in [-0.25, -0.2) is 0 Å². The van der Waals surface area contributed by atoms with Crippen molar-refractivity contribution in [3.63, 3.8) is 0 Å². The fraction of sp³-hybridized carbons (Fsp3) is 0.476. The third kappa shape index (κ3) is 5.42. The molecule has 1 heterocycles. The Kier molecular flexibility index (Phi) is 6.63. The molecule has 0 saturated heterocycles. The number of rotatable bonds is 6. The molecule has 0 bridgehead atoms. The summed E-state index contributed by atoms with van der Waals surface area (Å²) in [6.07, 6.45) is 8.81. The normalized spacial score (nSPS) is 15.3. The minimum absolute atomic E-state index is 0.0231. The van der Waals surface area contributed by atoms with E-state index >= 15 is 0 Å². The van der Waals surface area contributed by atoms with Crippen molar-refractivity contribution in [2.75, 3.05) is 6.54 Å². The van der Waals surface area contributed by atoms with Crippen molar-refractivity contribution in [2.45, 2.75) is 57.5 Å². The molecule has 1 aromatic carbocycles. The molecule has 2 N–H and O–H groups in total. The number of nitrogens with zero attached hydrogens (tertiary/aromatic N) is 1. The van der Waals surface area contributed by atoms with Crippen LogP contribution in [0.2, 0.25) is 0 Å². The van der Waals surface area contributed by atoms with Crippen molar-refractivity contribution in [2.24, 2.45) is 0 Å². The molecule has 27 heavy (non-hydrogen) atoms. The van der Waals surface area contributed by atoms with Crippen LogP contribution in [0.15, 0.2) is 41.3 Å². The Labute approximate surface area is 159 Å². The molecule has 1 aromatic heterocycles. The minimum atomic E-state index is -0.269. The van der Waals surface area contributed by atoms with Crippen molar-refractivity contribution in [1.29, 1.82) is 0 Å². The molecular formula is C21H27N3O3. The lowest BCUT2D eigenvalue weighted by atomic mass is 10.1. The van der Waals surface area contributed by atoms with Crippen molar-refractivity contribution < 1.29 is 9.59 Å². The Balaban J connectivity index is 1.45. The van der Waals surface area contributed by atoms with E-state index in [1.165, 1.54) is 30.3 Å². The van der Waals surface area contributed by atoms with Gasteiger partial charge in [-0.05, 0) is 30.4 Å². The van der Waals surface area contributed by atoms with Crippen LogP contribution >= 0.6 is 0 Å². The molecule has 0 atom stereocenters. The van der Waals surface area contributed by atoms with Gasteiger partial charge in [0.2, 0.25) is 11.8 Å². The van der Waals surface area contributed by atoms with E-state index in [0.717, 1.165) is 18.2 Å². The van der Waals surface area contributed by atoms with Crippen molar-refractivity contribution in [3.8, 4) is 0 Å². The Morgan fingerprint density at radius 3 is 2.52 bits per heavy atom. The van der Waals surface area contributed by atoms with Crippen molar-refractivity contribution in [3.05, 3.63) is 46.9 Å². The predicted molar refractivity (Wildman–Crippen MR) is 105 cm³/mol. The number of hydrogen-bond acceptors (Lipinski definition) is 3. The average Bonchev–Trinajstić information content (AvgIpc) is 2.93. The number of fused-ring (bicyclic) bond motifs is 1. The molecular weight excluding hydrogens is 342 g/mol. The van der Waals surface area contributed by atoms with Crippen LogP contribution in [0.3, 0.4) is 0 Å². The second-order valence-corrected chi connectivity index (χ2v) is 7.19. The summed E-state index contributed by atoms with van der Waals surface area (Å²) in [7, 11) is 0. The van der Waals surface area contributed by atoms with Crippen LogP contribution in [0.5, 0.6) is 0 Å². The summed E-state index contributed by atoms with van der Waals surface area (Å²) in [4.78, 5) is 36.6. The minimum Gasteiger partial charge on any atom is -0.354 e. The molecule has 0 aliphatic heterocycles. The van der Waals surface area contributed by atoms with E-state index in [2.05, 4.69) is 10.6 Å². The number of hydrogen-bond donors (Lipinski definition) is 2. The average molecular weight is 369 g/mol. The number of nitrogens with one attached hydrogen (secondary N) is 2. The SMILES string of the molecule is O=C(Cn1ccc2ccccc2c1=O)NCCC(=O)NC1CCCCCC1. The van der Waals surface area contributed by atoms with Gasteiger partial charge < -0.3 is 15.2 Å². The maximum absolute atomic E-state index is 12.4. The fourth-order valence-corrected chi connectivity index (χ4v) is 3.60. The van der Waals surface area contributed by atoms with Crippen LogP contribution < -0.4 is 16.2 Å². The monoisotopic (exact) mass is 369 g/mol. The second kappa shape index (κ2) is 9.35. The molecule has 6 heteroatoms. The quantitative estimate of drug-likeness (QED) is 0.767. The van der Waals surface area contributed by atoms with Crippen molar-refractivity contribution >= 4 is 22.6 Å². The van der Waals surface area contributed by atoms with Crippen LogP contribution in [0, 0.1) is 0 Å². The van der Waals surface area contributed by atoms with E-state index in [1.807, 2.05) is 18.2 Å². The zero-order valence-corrected chi connectivity index (χ0v) is 15.6. The Bertz CT molecular complexity index is 851. The van der Waals surface area contributed by atoms with E-state index in [1.54, 1.807) is 18.3 Å². The summed E-state index contributed by atoms with van der Waals surface area (Å²) in [5.74, 6) is -0.292. The van der Waals surface area contributed by atoms with Crippen LogP contribution in [-0.4, -0.2) is 29.0 Å². The summed E-state index contributed by atoms with van der Waals surface area (Å²) in [5, 5.41) is 7.24. The molecule has 0 unspecified atom stereocenters. The van der Waals surface area contributed by atoms with E-state index in [4.69, 9.17) is 0 Å². The first-order valence-electron chi connectivity index (χ1n) is 9.78. The third-order valence-corrected chi connectivity index (χ3v) is 5.09. The molecule has 2 aromatic rings. The summed E-state index contributed by atoms with van der Waals surface area (Å²) >= 11 is 0. The number of amides is 2.